The number of carbonyl (C=O) groups is 1. The molecule has 0 aliphatic carbocycles. The van der Waals surface area contributed by atoms with Crippen LogP contribution in [0.2, 0.25) is 0 Å². The van der Waals surface area contributed by atoms with E-state index in [2.05, 4.69) is 16.0 Å². The molecule has 0 radical (unpaired) electrons. The third-order valence-corrected chi connectivity index (χ3v) is 5.33. The Kier molecular flexibility index (Phi) is 6.55. The van der Waals surface area contributed by atoms with Crippen LogP contribution in [0.3, 0.4) is 0 Å². The first kappa shape index (κ1) is 19.1. The van der Waals surface area contributed by atoms with Crippen molar-refractivity contribution >= 4 is 23.5 Å². The molecule has 0 spiro atoms. The normalized spacial score (nSPS) is 13.9. The number of piperazine rings is 1. The molecule has 0 atom stereocenters. The van der Waals surface area contributed by atoms with Gasteiger partial charge in [0.25, 0.3) is 0 Å². The fourth-order valence-corrected chi connectivity index (χ4v) is 3.74. The van der Waals surface area contributed by atoms with Gasteiger partial charge in [-0.25, -0.2) is 4.98 Å². The van der Waals surface area contributed by atoms with Gasteiger partial charge in [-0.15, -0.1) is 11.8 Å². The van der Waals surface area contributed by atoms with Crippen molar-refractivity contribution in [2.45, 2.75) is 11.8 Å². The zero-order valence-corrected chi connectivity index (χ0v) is 16.1. The number of hydrogen-bond donors (Lipinski definition) is 0. The number of nitriles is 1. The second-order valence-electron chi connectivity index (χ2n) is 6.05. The number of nitrogens with zero attached hydrogens (tertiary/aromatic N) is 4. The number of hydrogen-bond acceptors (Lipinski definition) is 6. The Balaban J connectivity index is 1.49. The number of pyridine rings is 1. The molecule has 1 aliphatic rings. The van der Waals surface area contributed by atoms with Gasteiger partial charge in [-0.3, -0.25) is 4.79 Å². The molecule has 0 bridgehead atoms. The molecule has 1 aromatic heterocycles. The SMILES string of the molecule is CCOc1ccc(SCC(=O)N2CCN(c3ncccc3C#N)CC2)cc1. The van der Waals surface area contributed by atoms with Crippen LogP contribution in [-0.2, 0) is 4.79 Å². The average Bonchev–Trinajstić information content (AvgIpc) is 2.73. The van der Waals surface area contributed by atoms with Crippen molar-refractivity contribution in [3.05, 3.63) is 48.2 Å². The molecule has 1 amide bonds. The molecule has 0 unspecified atom stereocenters. The fraction of sp³-hybridized carbons (Fsp3) is 0.350. The highest BCUT2D eigenvalue weighted by Gasteiger charge is 2.23. The van der Waals surface area contributed by atoms with Crippen LogP contribution in [0.15, 0.2) is 47.5 Å². The summed E-state index contributed by atoms with van der Waals surface area (Å²) in [7, 11) is 0. The lowest BCUT2D eigenvalue weighted by atomic mass is 10.2. The molecule has 140 valence electrons. The molecule has 1 aromatic carbocycles. The van der Waals surface area contributed by atoms with E-state index in [0.29, 0.717) is 49.9 Å². The largest absolute Gasteiger partial charge is 0.494 e. The topological polar surface area (TPSA) is 69.5 Å². The van der Waals surface area contributed by atoms with E-state index in [9.17, 15) is 10.1 Å². The van der Waals surface area contributed by atoms with Crippen molar-refractivity contribution in [3.63, 3.8) is 0 Å². The van der Waals surface area contributed by atoms with Crippen LogP contribution in [0.5, 0.6) is 5.75 Å². The lowest BCUT2D eigenvalue weighted by molar-refractivity contribution is -0.128. The number of ether oxygens (including phenoxy) is 1. The van der Waals surface area contributed by atoms with Crippen LogP contribution in [0.4, 0.5) is 5.82 Å². The molecule has 1 aliphatic heterocycles. The molecular weight excluding hydrogens is 360 g/mol. The van der Waals surface area contributed by atoms with Gasteiger partial charge in [-0.05, 0) is 43.3 Å². The third kappa shape index (κ3) is 4.92. The van der Waals surface area contributed by atoms with E-state index < -0.39 is 0 Å². The van der Waals surface area contributed by atoms with E-state index in [-0.39, 0.29) is 5.91 Å². The molecule has 1 fully saturated rings. The predicted molar refractivity (Wildman–Crippen MR) is 106 cm³/mol. The molecule has 2 heterocycles. The van der Waals surface area contributed by atoms with Crippen LogP contribution in [0.1, 0.15) is 12.5 Å². The summed E-state index contributed by atoms with van der Waals surface area (Å²) in [6.07, 6.45) is 1.70. The number of carbonyl (C=O) groups excluding carboxylic acids is 1. The van der Waals surface area contributed by atoms with Crippen molar-refractivity contribution in [1.82, 2.24) is 9.88 Å². The summed E-state index contributed by atoms with van der Waals surface area (Å²) >= 11 is 1.54. The van der Waals surface area contributed by atoms with Gasteiger partial charge >= 0.3 is 0 Å². The molecule has 0 saturated carbocycles. The molecular formula is C20H22N4O2S. The van der Waals surface area contributed by atoms with E-state index in [4.69, 9.17) is 4.74 Å². The standard InChI is InChI=1S/C20H22N4O2S/c1-2-26-17-5-7-18(8-6-17)27-15-19(25)23-10-12-24(13-11-23)20-16(14-21)4-3-9-22-20/h3-9H,2,10-13,15H2,1H3. The van der Waals surface area contributed by atoms with Crippen molar-refractivity contribution in [2.24, 2.45) is 0 Å². The van der Waals surface area contributed by atoms with E-state index in [1.807, 2.05) is 36.1 Å². The average molecular weight is 382 g/mol. The van der Waals surface area contributed by atoms with Crippen LogP contribution in [0.25, 0.3) is 0 Å². The summed E-state index contributed by atoms with van der Waals surface area (Å²) in [5.41, 5.74) is 0.573. The van der Waals surface area contributed by atoms with E-state index in [0.717, 1.165) is 10.6 Å². The molecule has 6 nitrogen and oxygen atoms in total. The van der Waals surface area contributed by atoms with E-state index in [1.54, 1.807) is 18.3 Å². The maximum Gasteiger partial charge on any atom is 0.233 e. The van der Waals surface area contributed by atoms with Crippen molar-refractivity contribution in [3.8, 4) is 11.8 Å². The second-order valence-corrected chi connectivity index (χ2v) is 7.10. The smallest absolute Gasteiger partial charge is 0.233 e. The van der Waals surface area contributed by atoms with Gasteiger partial charge in [-0.1, -0.05) is 0 Å². The third-order valence-electron chi connectivity index (χ3n) is 4.34. The zero-order chi connectivity index (χ0) is 19.1. The van der Waals surface area contributed by atoms with Gasteiger partial charge in [0.1, 0.15) is 17.6 Å². The fourth-order valence-electron chi connectivity index (χ4n) is 2.94. The highest BCUT2D eigenvalue weighted by Crippen LogP contribution is 2.23. The quantitative estimate of drug-likeness (QED) is 0.716. The maximum atomic E-state index is 12.5. The Labute approximate surface area is 163 Å². The van der Waals surface area contributed by atoms with Gasteiger partial charge in [-0.2, -0.15) is 5.26 Å². The number of benzene rings is 1. The van der Waals surface area contributed by atoms with Crippen LogP contribution in [-0.4, -0.2) is 54.3 Å². The van der Waals surface area contributed by atoms with Crippen molar-refractivity contribution in [1.29, 1.82) is 5.26 Å². The Morgan fingerprint density at radius 3 is 2.63 bits per heavy atom. The highest BCUT2D eigenvalue weighted by molar-refractivity contribution is 8.00. The second kappa shape index (κ2) is 9.28. The summed E-state index contributed by atoms with van der Waals surface area (Å²) in [6.45, 7) is 5.26. The zero-order valence-electron chi connectivity index (χ0n) is 15.3. The van der Waals surface area contributed by atoms with Crippen molar-refractivity contribution < 1.29 is 9.53 Å². The number of thioether (sulfide) groups is 1. The molecule has 7 heteroatoms. The van der Waals surface area contributed by atoms with Gasteiger partial charge in [0.2, 0.25) is 5.91 Å². The Bertz CT molecular complexity index is 811. The summed E-state index contributed by atoms with van der Waals surface area (Å²) in [6, 6.07) is 13.5. The minimum Gasteiger partial charge on any atom is -0.494 e. The Hall–Kier alpha value is -2.72. The molecule has 3 rings (SSSR count). The lowest BCUT2D eigenvalue weighted by Gasteiger charge is -2.35. The van der Waals surface area contributed by atoms with Gasteiger partial charge in [0.05, 0.1) is 17.9 Å². The molecule has 1 saturated heterocycles. The molecule has 2 aromatic rings. The van der Waals surface area contributed by atoms with Crippen LogP contribution in [0, 0.1) is 11.3 Å². The van der Waals surface area contributed by atoms with Gasteiger partial charge < -0.3 is 14.5 Å². The van der Waals surface area contributed by atoms with Crippen LogP contribution >= 0.6 is 11.8 Å². The highest BCUT2D eigenvalue weighted by atomic mass is 32.2. The predicted octanol–water partition coefficient (Wildman–Crippen LogP) is 2.79. The maximum absolute atomic E-state index is 12.5. The molecule has 27 heavy (non-hydrogen) atoms. The van der Waals surface area contributed by atoms with Crippen molar-refractivity contribution in [2.75, 3.05) is 43.4 Å². The summed E-state index contributed by atoms with van der Waals surface area (Å²) < 4.78 is 5.43. The minimum absolute atomic E-state index is 0.134. The number of anilines is 1. The first-order chi connectivity index (χ1) is 13.2. The number of aromatic nitrogens is 1. The first-order valence-electron chi connectivity index (χ1n) is 8.94. The summed E-state index contributed by atoms with van der Waals surface area (Å²) in [4.78, 5) is 21.8. The Morgan fingerprint density at radius 2 is 1.96 bits per heavy atom. The minimum atomic E-state index is 0.134. The van der Waals surface area contributed by atoms with Gasteiger partial charge in [0, 0.05) is 37.3 Å². The Morgan fingerprint density at radius 1 is 1.22 bits per heavy atom. The van der Waals surface area contributed by atoms with E-state index >= 15 is 0 Å². The van der Waals surface area contributed by atoms with E-state index in [1.165, 1.54) is 11.8 Å². The summed E-state index contributed by atoms with van der Waals surface area (Å²) in [5.74, 6) is 2.10. The number of amides is 1. The number of rotatable bonds is 6. The summed E-state index contributed by atoms with van der Waals surface area (Å²) in [5, 5.41) is 9.22. The van der Waals surface area contributed by atoms with Crippen LogP contribution < -0.4 is 9.64 Å². The van der Waals surface area contributed by atoms with Gasteiger partial charge in [0.15, 0.2) is 0 Å². The monoisotopic (exact) mass is 382 g/mol. The lowest BCUT2D eigenvalue weighted by Crippen LogP contribution is -2.49. The molecule has 0 N–H and O–H groups in total. The first-order valence-corrected chi connectivity index (χ1v) is 9.93.